The van der Waals surface area contributed by atoms with Crippen LogP contribution in [0.3, 0.4) is 0 Å². The van der Waals surface area contributed by atoms with Gasteiger partial charge in [-0.15, -0.1) is 0 Å². The molecule has 0 amide bonds. The molecule has 0 aromatic rings. The Morgan fingerprint density at radius 1 is 0.844 bits per heavy atom. The molecule has 0 heterocycles. The Hall–Kier alpha value is -3.24. The normalized spacial score (nSPS) is 21.8. The molecule has 0 saturated carbocycles. The third-order valence-electron chi connectivity index (χ3n) is 5.16. The molecular weight excluding hydrogens is 456 g/mol. The molecule has 0 saturated heterocycles. The van der Waals surface area contributed by atoms with Crippen molar-refractivity contribution in [1.82, 2.24) is 0 Å². The summed E-state index contributed by atoms with van der Waals surface area (Å²) in [6, 6.07) is 0. The van der Waals surface area contributed by atoms with E-state index in [1.165, 1.54) is 18.2 Å². The quantitative estimate of drug-likeness (QED) is 0.352. The summed E-state index contributed by atoms with van der Waals surface area (Å²) in [6.07, 6.45) is 15.2. The van der Waals surface area contributed by atoms with Crippen molar-refractivity contribution in [2.75, 3.05) is 0 Å². The molecule has 12 heteroatoms. The van der Waals surface area contributed by atoms with E-state index >= 15 is 0 Å². The van der Waals surface area contributed by atoms with E-state index in [2.05, 4.69) is 9.58 Å². The number of allylic oxidation sites excluding steroid dienone is 14. The summed E-state index contributed by atoms with van der Waals surface area (Å²) in [7, 11) is -8.24. The van der Waals surface area contributed by atoms with Crippen LogP contribution in [0.4, 0.5) is 0 Å². The van der Waals surface area contributed by atoms with Gasteiger partial charge in [-0.3, -0.25) is 9.11 Å². The first-order valence-electron chi connectivity index (χ1n) is 9.27. The molecule has 32 heavy (non-hydrogen) atoms. The fourth-order valence-electron chi connectivity index (χ4n) is 3.51. The van der Waals surface area contributed by atoms with Gasteiger partial charge in [0.1, 0.15) is 0 Å². The maximum atomic E-state index is 11.0. The van der Waals surface area contributed by atoms with E-state index in [9.17, 15) is 16.8 Å². The van der Waals surface area contributed by atoms with Crippen LogP contribution in [-0.4, -0.2) is 46.9 Å². The van der Waals surface area contributed by atoms with Crippen LogP contribution < -0.4 is 0 Å². The highest BCUT2D eigenvalue weighted by Gasteiger charge is 2.28. The summed E-state index contributed by atoms with van der Waals surface area (Å²) in [6.45, 7) is 0. The van der Waals surface area contributed by atoms with Crippen LogP contribution in [-0.2, 0) is 20.2 Å². The minimum atomic E-state index is -4.15. The second-order valence-corrected chi connectivity index (χ2v) is 10.1. The van der Waals surface area contributed by atoms with E-state index in [0.717, 1.165) is 5.57 Å². The smallest absolute Gasteiger partial charge is 0.322 e. The molecule has 1 unspecified atom stereocenters. The highest BCUT2D eigenvalue weighted by molar-refractivity contribution is 7.90. The third-order valence-corrected chi connectivity index (χ3v) is 7.07. The largest absolute Gasteiger partial charge is 0.361 e. The van der Waals surface area contributed by atoms with E-state index in [4.69, 9.17) is 20.2 Å². The molecule has 0 bridgehead atoms. The Bertz CT molecular complexity index is 1390. The van der Waals surface area contributed by atoms with Crippen molar-refractivity contribution in [2.24, 2.45) is 5.92 Å². The summed E-state index contributed by atoms with van der Waals surface area (Å²) in [4.78, 5) is 6.17. The first kappa shape index (κ1) is 23.4. The Labute approximate surface area is 184 Å². The first-order valence-corrected chi connectivity index (χ1v) is 12.2. The van der Waals surface area contributed by atoms with E-state index < -0.39 is 20.2 Å². The number of hydrogen-bond donors (Lipinski definition) is 2. The highest BCUT2D eigenvalue weighted by atomic mass is 32.2. The van der Waals surface area contributed by atoms with Gasteiger partial charge >= 0.3 is 5.71 Å². The predicted molar refractivity (Wildman–Crippen MR) is 116 cm³/mol. The van der Waals surface area contributed by atoms with Crippen molar-refractivity contribution in [1.29, 1.82) is 0 Å². The second-order valence-electron chi connectivity index (χ2n) is 7.19. The second kappa shape index (κ2) is 9.09. The maximum Gasteiger partial charge on any atom is 0.322 e. The summed E-state index contributed by atoms with van der Waals surface area (Å²) in [5.41, 5.74) is 20.6. The summed E-state index contributed by atoms with van der Waals surface area (Å²) in [5.74, 6) is -0.0348. The van der Waals surface area contributed by atoms with Crippen LogP contribution in [0.1, 0.15) is 19.3 Å². The van der Waals surface area contributed by atoms with Gasteiger partial charge in [-0.1, -0.05) is 29.9 Å². The van der Waals surface area contributed by atoms with Crippen LogP contribution in [0.15, 0.2) is 81.2 Å². The summed E-state index contributed by atoms with van der Waals surface area (Å²) >= 11 is 0. The average Bonchev–Trinajstić information content (AvgIpc) is 2.76. The highest BCUT2D eigenvalue weighted by Crippen LogP contribution is 2.33. The van der Waals surface area contributed by atoms with Gasteiger partial charge < -0.3 is 11.1 Å². The standard InChI is InChI=1S/C10H10N2O3S.C10H8N2O3S/c11-12-9-3-1-8-6-10(16(13,14)15)4-2-7(8)5-9;11-12-10-3-1-2-7-6-8(16(13,14)15)4-5-9(7)10/h1-4,8H,5-6H2,(H,13,14,15);1-5H,6H2,(H,13,14,15). The molecular formula is C20H18N4O6S2. The fraction of sp³-hybridized carbons (Fsp3) is 0.200. The summed E-state index contributed by atoms with van der Waals surface area (Å²) < 4.78 is 61.6. The van der Waals surface area contributed by atoms with Crippen molar-refractivity contribution >= 4 is 31.7 Å². The molecule has 2 N–H and O–H groups in total. The summed E-state index contributed by atoms with van der Waals surface area (Å²) in [5, 5.41) is 0. The zero-order valence-corrected chi connectivity index (χ0v) is 18.2. The molecule has 4 rings (SSSR count). The van der Waals surface area contributed by atoms with E-state index in [1.807, 2.05) is 0 Å². The van der Waals surface area contributed by atoms with Crippen molar-refractivity contribution in [2.45, 2.75) is 19.3 Å². The SMILES string of the molecule is [N-]=[N+]=C1C=CC2CC(S(=O)(=O)O)=CC=C2C1.[N-]=[N+]=C1C=CC=C2CC(S(=O)(=O)O)=CC=C21. The zero-order chi connectivity index (χ0) is 23.5. The molecule has 10 nitrogen and oxygen atoms in total. The molecule has 0 radical (unpaired) electrons. The van der Waals surface area contributed by atoms with Gasteiger partial charge in [0, 0.05) is 24.5 Å². The van der Waals surface area contributed by atoms with Gasteiger partial charge in [0.2, 0.25) is 0 Å². The molecule has 0 aromatic carbocycles. The topological polar surface area (TPSA) is 182 Å². The van der Waals surface area contributed by atoms with Crippen molar-refractivity contribution in [3.05, 3.63) is 92.3 Å². The minimum Gasteiger partial charge on any atom is -0.361 e. The van der Waals surface area contributed by atoms with Crippen molar-refractivity contribution in [3.8, 4) is 0 Å². The number of nitrogens with zero attached hydrogens (tertiary/aromatic N) is 4. The predicted octanol–water partition coefficient (Wildman–Crippen LogP) is 2.59. The minimum absolute atomic E-state index is 0.0234. The lowest BCUT2D eigenvalue weighted by Gasteiger charge is -2.22. The molecule has 166 valence electrons. The molecule has 4 aliphatic rings. The van der Waals surface area contributed by atoms with Crippen molar-refractivity contribution in [3.63, 3.8) is 0 Å². The van der Waals surface area contributed by atoms with Crippen LogP contribution in [0.25, 0.3) is 11.1 Å². The van der Waals surface area contributed by atoms with Gasteiger partial charge in [-0.05, 0) is 30.2 Å². The molecule has 1 atom stereocenters. The van der Waals surface area contributed by atoms with Crippen LogP contribution in [0.5, 0.6) is 0 Å². The first-order chi connectivity index (χ1) is 15.0. The molecule has 0 aliphatic heterocycles. The van der Waals surface area contributed by atoms with Crippen LogP contribution in [0.2, 0.25) is 0 Å². The molecule has 0 spiro atoms. The van der Waals surface area contributed by atoms with Crippen LogP contribution >= 0.6 is 0 Å². The number of rotatable bonds is 2. The molecule has 0 fully saturated rings. The lowest BCUT2D eigenvalue weighted by atomic mass is 9.84. The Kier molecular flexibility index (Phi) is 6.65. The monoisotopic (exact) mass is 474 g/mol. The Morgan fingerprint density at radius 3 is 2.16 bits per heavy atom. The zero-order valence-electron chi connectivity index (χ0n) is 16.5. The van der Waals surface area contributed by atoms with Gasteiger partial charge in [0.15, 0.2) is 0 Å². The van der Waals surface area contributed by atoms with Crippen LogP contribution in [0, 0.1) is 5.92 Å². The fourth-order valence-corrected chi connectivity index (χ4v) is 4.72. The van der Waals surface area contributed by atoms with E-state index in [1.54, 1.807) is 36.5 Å². The molecule has 0 aromatic heterocycles. The number of hydrogen-bond acceptors (Lipinski definition) is 4. The maximum absolute atomic E-state index is 11.0. The van der Waals surface area contributed by atoms with Gasteiger partial charge in [-0.2, -0.15) is 26.4 Å². The Balaban J connectivity index is 0.000000181. The lowest BCUT2D eigenvalue weighted by molar-refractivity contribution is -0.00603. The van der Waals surface area contributed by atoms with Gasteiger partial charge in [0.05, 0.1) is 21.8 Å². The average molecular weight is 475 g/mol. The molecule has 4 aliphatic carbocycles. The lowest BCUT2D eigenvalue weighted by Crippen LogP contribution is -2.18. The van der Waals surface area contributed by atoms with E-state index in [-0.39, 0.29) is 28.6 Å². The third kappa shape index (κ3) is 5.32. The van der Waals surface area contributed by atoms with Gasteiger partial charge in [0.25, 0.3) is 25.9 Å². The van der Waals surface area contributed by atoms with E-state index in [0.29, 0.717) is 29.0 Å². The van der Waals surface area contributed by atoms with Gasteiger partial charge in [-0.25, -0.2) is 0 Å². The van der Waals surface area contributed by atoms with Crippen molar-refractivity contribution < 1.29 is 35.5 Å². The Morgan fingerprint density at radius 2 is 1.53 bits per heavy atom. The number of fused-ring (bicyclic) bond motifs is 2.